The molecule has 2 saturated heterocycles. The summed E-state index contributed by atoms with van der Waals surface area (Å²) < 4.78 is 0. The topological polar surface area (TPSA) is 59.4 Å². The van der Waals surface area contributed by atoms with E-state index in [0.29, 0.717) is 12.6 Å². The first kappa shape index (κ1) is 12.2. The maximum atomic E-state index is 12.1. The van der Waals surface area contributed by atoms with Crippen LogP contribution >= 0.6 is 0 Å². The molecule has 0 aromatic heterocycles. The van der Waals surface area contributed by atoms with Gasteiger partial charge < -0.3 is 15.1 Å². The fraction of sp³-hybridized carbons (Fsp3) is 0.833. The van der Waals surface area contributed by atoms with E-state index in [1.54, 1.807) is 0 Å². The van der Waals surface area contributed by atoms with E-state index in [0.717, 1.165) is 32.6 Å². The number of nitrogens with zero attached hydrogens (tertiary/aromatic N) is 3. The Morgan fingerprint density at radius 3 is 3.00 bits per heavy atom. The van der Waals surface area contributed by atoms with Crippen molar-refractivity contribution in [2.75, 3.05) is 32.7 Å². The van der Waals surface area contributed by atoms with Crippen LogP contribution in [0.5, 0.6) is 0 Å². The van der Waals surface area contributed by atoms with Crippen LogP contribution in [0.4, 0.5) is 4.79 Å². The Hall–Kier alpha value is -1.28. The second kappa shape index (κ2) is 4.53. The van der Waals surface area contributed by atoms with Crippen LogP contribution in [0.3, 0.4) is 0 Å². The monoisotopic (exact) mass is 236 g/mol. The van der Waals surface area contributed by atoms with Crippen LogP contribution in [0.15, 0.2) is 0 Å². The van der Waals surface area contributed by atoms with Crippen LogP contribution in [0.1, 0.15) is 20.3 Å². The highest BCUT2D eigenvalue weighted by molar-refractivity contribution is 5.77. The Morgan fingerprint density at radius 2 is 2.35 bits per heavy atom. The van der Waals surface area contributed by atoms with E-state index in [9.17, 15) is 4.79 Å². The molecule has 0 spiro atoms. The lowest BCUT2D eigenvalue weighted by Gasteiger charge is -2.28. The average molecular weight is 236 g/mol. The van der Waals surface area contributed by atoms with Crippen molar-refractivity contribution in [1.82, 2.24) is 15.1 Å². The number of carbonyl (C=O) groups excluding carboxylic acids is 1. The van der Waals surface area contributed by atoms with Crippen molar-refractivity contribution in [3.63, 3.8) is 0 Å². The summed E-state index contributed by atoms with van der Waals surface area (Å²) in [5.74, 6) is 0. The molecule has 94 valence electrons. The number of hydrogen-bond acceptors (Lipinski definition) is 3. The summed E-state index contributed by atoms with van der Waals surface area (Å²) in [6.45, 7) is 7.91. The van der Waals surface area contributed by atoms with Crippen LogP contribution in [0.25, 0.3) is 0 Å². The van der Waals surface area contributed by atoms with Gasteiger partial charge in [0.1, 0.15) is 0 Å². The van der Waals surface area contributed by atoms with Gasteiger partial charge in [-0.25, -0.2) is 4.79 Å². The molecule has 0 bridgehead atoms. The zero-order valence-corrected chi connectivity index (χ0v) is 10.6. The minimum Gasteiger partial charge on any atom is -0.322 e. The summed E-state index contributed by atoms with van der Waals surface area (Å²) in [6.07, 6.45) is 0.739. The average Bonchev–Trinajstić information content (AvgIpc) is 2.65. The summed E-state index contributed by atoms with van der Waals surface area (Å²) in [5, 5.41) is 12.3. The third-order valence-electron chi connectivity index (χ3n) is 3.61. The lowest BCUT2D eigenvalue weighted by Crippen LogP contribution is -2.49. The molecular weight excluding hydrogens is 216 g/mol. The van der Waals surface area contributed by atoms with Gasteiger partial charge in [0.2, 0.25) is 0 Å². The molecule has 1 atom stereocenters. The molecule has 1 unspecified atom stereocenters. The summed E-state index contributed by atoms with van der Waals surface area (Å²) in [7, 11) is 0. The van der Waals surface area contributed by atoms with Crippen molar-refractivity contribution in [3.05, 3.63) is 0 Å². The van der Waals surface area contributed by atoms with E-state index < -0.39 is 0 Å². The van der Waals surface area contributed by atoms with E-state index in [1.807, 2.05) is 23.6 Å². The fourth-order valence-corrected chi connectivity index (χ4v) is 2.35. The Kier molecular flexibility index (Phi) is 3.25. The molecule has 2 heterocycles. The zero-order valence-electron chi connectivity index (χ0n) is 10.6. The first-order chi connectivity index (χ1) is 8.03. The lowest BCUT2D eigenvalue weighted by atomic mass is 9.91. The van der Waals surface area contributed by atoms with Crippen LogP contribution < -0.4 is 5.32 Å². The lowest BCUT2D eigenvalue weighted by molar-refractivity contribution is 0.177. The summed E-state index contributed by atoms with van der Waals surface area (Å²) in [4.78, 5) is 15.9. The van der Waals surface area contributed by atoms with Crippen LogP contribution in [-0.4, -0.2) is 54.6 Å². The van der Waals surface area contributed by atoms with Crippen LogP contribution in [0.2, 0.25) is 0 Å². The van der Waals surface area contributed by atoms with Gasteiger partial charge in [0.25, 0.3) is 0 Å². The van der Waals surface area contributed by atoms with E-state index in [-0.39, 0.29) is 11.4 Å². The molecule has 2 rings (SSSR count). The number of amides is 2. The van der Waals surface area contributed by atoms with Crippen LogP contribution in [0, 0.1) is 16.7 Å². The number of fused-ring (bicyclic) bond motifs is 1. The third kappa shape index (κ3) is 2.52. The number of piperazine rings is 1. The van der Waals surface area contributed by atoms with Gasteiger partial charge in [-0.2, -0.15) is 5.26 Å². The highest BCUT2D eigenvalue weighted by atomic mass is 16.2. The molecule has 5 nitrogen and oxygen atoms in total. The van der Waals surface area contributed by atoms with Crippen molar-refractivity contribution in [3.8, 4) is 6.07 Å². The summed E-state index contributed by atoms with van der Waals surface area (Å²) in [6, 6.07) is 2.74. The second-order valence-corrected chi connectivity index (χ2v) is 5.53. The minimum absolute atomic E-state index is 0.144. The van der Waals surface area contributed by atoms with Crippen molar-refractivity contribution >= 4 is 6.03 Å². The second-order valence-electron chi connectivity index (χ2n) is 5.53. The SMILES string of the molecule is CC(C)(C#N)CCN1CC2CNCCN2C1=O. The van der Waals surface area contributed by atoms with Crippen molar-refractivity contribution in [2.24, 2.45) is 5.41 Å². The van der Waals surface area contributed by atoms with Gasteiger partial charge >= 0.3 is 6.03 Å². The van der Waals surface area contributed by atoms with Gasteiger partial charge in [0, 0.05) is 32.7 Å². The molecule has 0 aromatic rings. The Labute approximate surface area is 102 Å². The normalized spacial score (nSPS) is 24.8. The Bertz CT molecular complexity index is 347. The molecule has 17 heavy (non-hydrogen) atoms. The highest BCUT2D eigenvalue weighted by Gasteiger charge is 2.38. The maximum Gasteiger partial charge on any atom is 0.320 e. The smallest absolute Gasteiger partial charge is 0.320 e. The predicted molar refractivity (Wildman–Crippen MR) is 64.3 cm³/mol. The Balaban J connectivity index is 1.91. The molecule has 1 N–H and O–H groups in total. The number of hydrogen-bond donors (Lipinski definition) is 1. The van der Waals surface area contributed by atoms with Crippen molar-refractivity contribution in [2.45, 2.75) is 26.3 Å². The molecule has 0 saturated carbocycles. The van der Waals surface area contributed by atoms with E-state index in [2.05, 4.69) is 11.4 Å². The predicted octanol–water partition coefficient (Wildman–Crippen LogP) is 0.636. The van der Waals surface area contributed by atoms with Crippen molar-refractivity contribution in [1.29, 1.82) is 5.26 Å². The van der Waals surface area contributed by atoms with E-state index in [4.69, 9.17) is 5.26 Å². The van der Waals surface area contributed by atoms with Gasteiger partial charge in [-0.1, -0.05) is 0 Å². The molecule has 0 aromatic carbocycles. The standard InChI is InChI=1S/C12H20N4O/c1-12(2,9-13)3-5-15-8-10-7-14-4-6-16(10)11(15)17/h10,14H,3-8H2,1-2H3. The van der Waals surface area contributed by atoms with E-state index >= 15 is 0 Å². The van der Waals surface area contributed by atoms with Gasteiger partial charge in [0.05, 0.1) is 17.5 Å². The van der Waals surface area contributed by atoms with E-state index in [1.165, 1.54) is 0 Å². The van der Waals surface area contributed by atoms with Gasteiger partial charge in [-0.05, 0) is 20.3 Å². The molecule has 5 heteroatoms. The summed E-state index contributed by atoms with van der Waals surface area (Å²) >= 11 is 0. The van der Waals surface area contributed by atoms with Gasteiger partial charge in [0.15, 0.2) is 0 Å². The zero-order chi connectivity index (χ0) is 12.5. The molecule has 2 amide bonds. The number of nitrogens with one attached hydrogen (secondary N) is 1. The fourth-order valence-electron chi connectivity index (χ4n) is 2.35. The minimum atomic E-state index is -0.346. The molecule has 0 radical (unpaired) electrons. The first-order valence-corrected chi connectivity index (χ1v) is 6.21. The largest absolute Gasteiger partial charge is 0.322 e. The van der Waals surface area contributed by atoms with Crippen molar-refractivity contribution < 1.29 is 4.79 Å². The summed E-state index contributed by atoms with van der Waals surface area (Å²) in [5.41, 5.74) is -0.346. The van der Waals surface area contributed by atoms with Gasteiger partial charge in [-0.15, -0.1) is 0 Å². The quantitative estimate of drug-likeness (QED) is 0.782. The third-order valence-corrected chi connectivity index (χ3v) is 3.61. The molecular formula is C12H20N4O. The number of rotatable bonds is 3. The molecule has 2 aliphatic heterocycles. The number of urea groups is 1. The molecule has 0 aliphatic carbocycles. The van der Waals surface area contributed by atoms with Gasteiger partial charge in [-0.3, -0.25) is 0 Å². The molecule has 2 aliphatic rings. The maximum absolute atomic E-state index is 12.1. The number of carbonyl (C=O) groups is 1. The Morgan fingerprint density at radius 1 is 1.59 bits per heavy atom. The number of nitriles is 1. The molecule has 2 fully saturated rings. The first-order valence-electron chi connectivity index (χ1n) is 6.21. The highest BCUT2D eigenvalue weighted by Crippen LogP contribution is 2.23. The van der Waals surface area contributed by atoms with Crippen LogP contribution in [-0.2, 0) is 0 Å².